The Balaban J connectivity index is 1.76. The lowest BCUT2D eigenvalue weighted by atomic mass is 10.2. The number of hydrogen-bond acceptors (Lipinski definition) is 4. The standard InChI is InChI=1S/C15H14N6/c1-10-3-5-13-14(7-10)20(19-17-13)9-12-4-6-15-16-11(2)8-21(15)18-12/h3-8H,9H2,1-2H3. The van der Waals surface area contributed by atoms with Crippen molar-refractivity contribution in [3.8, 4) is 0 Å². The number of benzene rings is 1. The van der Waals surface area contributed by atoms with Crippen molar-refractivity contribution in [1.29, 1.82) is 0 Å². The van der Waals surface area contributed by atoms with E-state index in [4.69, 9.17) is 0 Å². The van der Waals surface area contributed by atoms with Crippen molar-refractivity contribution >= 4 is 16.7 Å². The molecule has 0 aliphatic rings. The van der Waals surface area contributed by atoms with Gasteiger partial charge in [-0.15, -0.1) is 5.10 Å². The van der Waals surface area contributed by atoms with Gasteiger partial charge >= 0.3 is 0 Å². The molecule has 0 amide bonds. The second kappa shape index (κ2) is 4.37. The third kappa shape index (κ3) is 2.05. The molecule has 0 atom stereocenters. The van der Waals surface area contributed by atoms with Gasteiger partial charge in [0.25, 0.3) is 0 Å². The molecule has 0 saturated heterocycles. The topological polar surface area (TPSA) is 60.9 Å². The number of rotatable bonds is 2. The fourth-order valence-corrected chi connectivity index (χ4v) is 2.47. The third-order valence-corrected chi connectivity index (χ3v) is 3.48. The maximum absolute atomic E-state index is 4.57. The van der Waals surface area contributed by atoms with Crippen LogP contribution in [0.1, 0.15) is 17.0 Å². The summed E-state index contributed by atoms with van der Waals surface area (Å²) in [5, 5.41) is 13.0. The summed E-state index contributed by atoms with van der Waals surface area (Å²) in [7, 11) is 0. The Bertz CT molecular complexity index is 949. The largest absolute Gasteiger partial charge is 0.239 e. The Labute approximate surface area is 121 Å². The van der Waals surface area contributed by atoms with E-state index < -0.39 is 0 Å². The molecule has 0 radical (unpaired) electrons. The molecule has 0 unspecified atom stereocenters. The molecule has 0 bridgehead atoms. The zero-order valence-electron chi connectivity index (χ0n) is 11.9. The minimum absolute atomic E-state index is 0.590. The van der Waals surface area contributed by atoms with Crippen molar-refractivity contribution in [2.24, 2.45) is 0 Å². The molecule has 1 aromatic carbocycles. The van der Waals surface area contributed by atoms with Crippen LogP contribution in [0.4, 0.5) is 0 Å². The summed E-state index contributed by atoms with van der Waals surface area (Å²) in [5.74, 6) is 0. The lowest BCUT2D eigenvalue weighted by molar-refractivity contribution is 0.646. The van der Waals surface area contributed by atoms with Gasteiger partial charge in [-0.2, -0.15) is 5.10 Å². The van der Waals surface area contributed by atoms with Crippen LogP contribution < -0.4 is 0 Å². The van der Waals surface area contributed by atoms with Crippen molar-refractivity contribution in [1.82, 2.24) is 29.6 Å². The predicted octanol–water partition coefficient (Wildman–Crippen LogP) is 2.14. The summed E-state index contributed by atoms with van der Waals surface area (Å²) in [6.45, 7) is 4.62. The Morgan fingerprint density at radius 3 is 2.90 bits per heavy atom. The first-order valence-electron chi connectivity index (χ1n) is 6.81. The van der Waals surface area contributed by atoms with Crippen LogP contribution in [0.5, 0.6) is 0 Å². The minimum atomic E-state index is 0.590. The van der Waals surface area contributed by atoms with Crippen molar-refractivity contribution in [3.05, 3.63) is 53.5 Å². The first kappa shape index (κ1) is 12.0. The predicted molar refractivity (Wildman–Crippen MR) is 79.1 cm³/mol. The first-order chi connectivity index (χ1) is 10.2. The quantitative estimate of drug-likeness (QED) is 0.563. The number of hydrogen-bond donors (Lipinski definition) is 0. The average Bonchev–Trinajstić information content (AvgIpc) is 3.01. The Hall–Kier alpha value is -2.76. The van der Waals surface area contributed by atoms with Gasteiger partial charge in [0.05, 0.1) is 29.6 Å². The Kier molecular flexibility index (Phi) is 2.50. The summed E-state index contributed by atoms with van der Waals surface area (Å²) in [5.41, 5.74) is 5.86. The number of imidazole rings is 1. The number of fused-ring (bicyclic) bond motifs is 2. The van der Waals surface area contributed by atoms with Gasteiger partial charge in [0.2, 0.25) is 0 Å². The van der Waals surface area contributed by atoms with E-state index in [9.17, 15) is 0 Å². The normalized spacial score (nSPS) is 11.5. The number of aryl methyl sites for hydroxylation is 2. The molecule has 0 N–H and O–H groups in total. The van der Waals surface area contributed by atoms with Gasteiger partial charge in [0.15, 0.2) is 5.65 Å². The second-order valence-electron chi connectivity index (χ2n) is 5.25. The SMILES string of the molecule is Cc1ccc2nnn(Cc3ccc4nc(C)cn4n3)c2c1. The van der Waals surface area contributed by atoms with Crippen LogP contribution >= 0.6 is 0 Å². The van der Waals surface area contributed by atoms with E-state index in [-0.39, 0.29) is 0 Å². The molecule has 4 rings (SSSR count). The monoisotopic (exact) mass is 278 g/mol. The van der Waals surface area contributed by atoms with Crippen molar-refractivity contribution in [3.63, 3.8) is 0 Å². The summed E-state index contributed by atoms with van der Waals surface area (Å²) in [4.78, 5) is 4.38. The van der Waals surface area contributed by atoms with Crippen LogP contribution in [0, 0.1) is 13.8 Å². The summed E-state index contributed by atoms with van der Waals surface area (Å²) in [6.07, 6.45) is 1.92. The first-order valence-corrected chi connectivity index (χ1v) is 6.81. The summed E-state index contributed by atoms with van der Waals surface area (Å²) in [6, 6.07) is 10.1. The molecule has 104 valence electrons. The summed E-state index contributed by atoms with van der Waals surface area (Å²) >= 11 is 0. The van der Waals surface area contributed by atoms with Crippen LogP contribution in [-0.4, -0.2) is 29.6 Å². The van der Waals surface area contributed by atoms with Crippen LogP contribution in [-0.2, 0) is 6.54 Å². The minimum Gasteiger partial charge on any atom is -0.239 e. The molecule has 6 heteroatoms. The zero-order chi connectivity index (χ0) is 14.4. The molecular weight excluding hydrogens is 264 g/mol. The Morgan fingerprint density at radius 2 is 2.00 bits per heavy atom. The van der Waals surface area contributed by atoms with Gasteiger partial charge < -0.3 is 0 Å². The van der Waals surface area contributed by atoms with Gasteiger partial charge in [0.1, 0.15) is 5.52 Å². The van der Waals surface area contributed by atoms with Crippen molar-refractivity contribution in [2.45, 2.75) is 20.4 Å². The smallest absolute Gasteiger partial charge is 0.153 e. The van der Waals surface area contributed by atoms with Gasteiger partial charge in [-0.1, -0.05) is 11.3 Å². The van der Waals surface area contributed by atoms with Gasteiger partial charge in [0, 0.05) is 0 Å². The molecule has 4 aromatic rings. The van der Waals surface area contributed by atoms with Gasteiger partial charge in [-0.25, -0.2) is 14.2 Å². The van der Waals surface area contributed by atoms with Gasteiger partial charge in [-0.05, 0) is 43.7 Å². The van der Waals surface area contributed by atoms with E-state index in [0.717, 1.165) is 28.1 Å². The highest BCUT2D eigenvalue weighted by Gasteiger charge is 2.07. The van der Waals surface area contributed by atoms with E-state index in [2.05, 4.69) is 33.4 Å². The van der Waals surface area contributed by atoms with E-state index in [1.165, 1.54) is 5.56 Å². The fourth-order valence-electron chi connectivity index (χ4n) is 2.47. The molecule has 0 spiro atoms. The molecule has 0 saturated carbocycles. The number of nitrogens with zero attached hydrogens (tertiary/aromatic N) is 6. The lowest BCUT2D eigenvalue weighted by Gasteiger charge is -2.03. The fraction of sp³-hybridized carbons (Fsp3) is 0.200. The van der Waals surface area contributed by atoms with Crippen LogP contribution in [0.3, 0.4) is 0 Å². The molecule has 0 aliphatic heterocycles. The molecule has 0 fully saturated rings. The molecule has 0 aliphatic carbocycles. The van der Waals surface area contributed by atoms with Crippen molar-refractivity contribution < 1.29 is 0 Å². The highest BCUT2D eigenvalue weighted by atomic mass is 15.4. The Morgan fingerprint density at radius 1 is 1.10 bits per heavy atom. The van der Waals surface area contributed by atoms with E-state index in [1.54, 1.807) is 4.52 Å². The van der Waals surface area contributed by atoms with Crippen molar-refractivity contribution in [2.75, 3.05) is 0 Å². The van der Waals surface area contributed by atoms with Crippen LogP contribution in [0.25, 0.3) is 16.7 Å². The second-order valence-corrected chi connectivity index (χ2v) is 5.25. The zero-order valence-corrected chi connectivity index (χ0v) is 11.9. The van der Waals surface area contributed by atoms with E-state index >= 15 is 0 Å². The highest BCUT2D eigenvalue weighted by molar-refractivity contribution is 5.75. The highest BCUT2D eigenvalue weighted by Crippen LogP contribution is 2.14. The lowest BCUT2D eigenvalue weighted by Crippen LogP contribution is -2.06. The van der Waals surface area contributed by atoms with Crippen LogP contribution in [0.2, 0.25) is 0 Å². The molecule has 3 heterocycles. The summed E-state index contributed by atoms with van der Waals surface area (Å²) < 4.78 is 3.68. The van der Waals surface area contributed by atoms with Gasteiger partial charge in [-0.3, -0.25) is 0 Å². The van der Waals surface area contributed by atoms with E-state index in [1.807, 2.05) is 42.1 Å². The molecular formula is C15H14N6. The molecule has 3 aromatic heterocycles. The third-order valence-electron chi connectivity index (χ3n) is 3.48. The maximum atomic E-state index is 4.57. The number of aromatic nitrogens is 6. The molecule has 21 heavy (non-hydrogen) atoms. The molecule has 6 nitrogen and oxygen atoms in total. The maximum Gasteiger partial charge on any atom is 0.153 e. The van der Waals surface area contributed by atoms with E-state index in [0.29, 0.717) is 6.54 Å². The van der Waals surface area contributed by atoms with Crippen LogP contribution in [0.15, 0.2) is 36.5 Å². The average molecular weight is 278 g/mol.